The minimum atomic E-state index is -0.616. The predicted octanol–water partition coefficient (Wildman–Crippen LogP) is 4.02. The molecule has 10 heteroatoms. The van der Waals surface area contributed by atoms with Crippen LogP contribution in [-0.4, -0.2) is 45.5 Å². The van der Waals surface area contributed by atoms with E-state index in [2.05, 4.69) is 5.32 Å². The van der Waals surface area contributed by atoms with E-state index in [4.69, 9.17) is 11.6 Å². The average molecular weight is 464 g/mol. The van der Waals surface area contributed by atoms with Gasteiger partial charge in [-0.3, -0.25) is 14.5 Å². The molecule has 2 heterocycles. The number of nitrogens with zero attached hydrogens (tertiary/aromatic N) is 2. The van der Waals surface area contributed by atoms with Crippen LogP contribution in [0.1, 0.15) is 5.56 Å². The van der Waals surface area contributed by atoms with Gasteiger partial charge < -0.3 is 10.2 Å². The summed E-state index contributed by atoms with van der Waals surface area (Å²) in [4.78, 5) is 40.9. The highest BCUT2D eigenvalue weighted by molar-refractivity contribution is 8.03. The van der Waals surface area contributed by atoms with Crippen molar-refractivity contribution in [3.8, 4) is 0 Å². The largest absolute Gasteiger partial charge is 0.328 e. The third-order valence-electron chi connectivity index (χ3n) is 4.93. The zero-order chi connectivity index (χ0) is 22.1. The molecule has 2 atom stereocenters. The van der Waals surface area contributed by atoms with Crippen LogP contribution in [0.4, 0.5) is 19.3 Å². The van der Waals surface area contributed by atoms with Crippen LogP contribution in [0.3, 0.4) is 0 Å². The minimum absolute atomic E-state index is 0.0343. The summed E-state index contributed by atoms with van der Waals surface area (Å²) in [5.74, 6) is -1.92. The van der Waals surface area contributed by atoms with E-state index in [-0.39, 0.29) is 29.7 Å². The predicted molar refractivity (Wildman–Crippen MR) is 113 cm³/mol. The van der Waals surface area contributed by atoms with Crippen molar-refractivity contribution >= 4 is 46.9 Å². The Bertz CT molecular complexity index is 1080. The summed E-state index contributed by atoms with van der Waals surface area (Å²) in [6.07, 6.45) is 1.71. The van der Waals surface area contributed by atoms with Crippen LogP contribution in [0.25, 0.3) is 0 Å². The summed E-state index contributed by atoms with van der Waals surface area (Å²) in [6.45, 7) is -0.347. The molecule has 2 aliphatic rings. The highest BCUT2D eigenvalue weighted by Gasteiger charge is 2.47. The SMILES string of the molecule is O=C(CN1C(=O)N(Cc2ccc(F)cc2)C(=O)C2SC=CC21)Nc1ccc(F)c(Cl)c1. The molecule has 0 spiro atoms. The van der Waals surface area contributed by atoms with Crippen molar-refractivity contribution in [2.75, 3.05) is 11.9 Å². The third kappa shape index (κ3) is 4.42. The number of carbonyl (C=O) groups is 3. The highest BCUT2D eigenvalue weighted by Crippen LogP contribution is 2.35. The molecule has 0 aliphatic carbocycles. The molecule has 6 nitrogen and oxygen atoms in total. The molecule has 31 heavy (non-hydrogen) atoms. The fourth-order valence-corrected chi connectivity index (χ4v) is 4.66. The van der Waals surface area contributed by atoms with Crippen molar-refractivity contribution in [1.82, 2.24) is 9.80 Å². The number of hydrogen-bond acceptors (Lipinski definition) is 4. The van der Waals surface area contributed by atoms with E-state index in [1.165, 1.54) is 53.1 Å². The van der Waals surface area contributed by atoms with Gasteiger partial charge in [0, 0.05) is 5.69 Å². The van der Waals surface area contributed by atoms with Gasteiger partial charge in [0.25, 0.3) is 0 Å². The topological polar surface area (TPSA) is 69.7 Å². The van der Waals surface area contributed by atoms with Gasteiger partial charge in [0.15, 0.2) is 0 Å². The average Bonchev–Trinajstić information content (AvgIpc) is 3.23. The van der Waals surface area contributed by atoms with Gasteiger partial charge in [0.1, 0.15) is 23.4 Å². The number of nitrogens with one attached hydrogen (secondary N) is 1. The second kappa shape index (κ2) is 8.68. The van der Waals surface area contributed by atoms with Gasteiger partial charge in [0.2, 0.25) is 11.8 Å². The van der Waals surface area contributed by atoms with Gasteiger partial charge in [-0.1, -0.05) is 29.8 Å². The van der Waals surface area contributed by atoms with E-state index in [0.29, 0.717) is 5.56 Å². The lowest BCUT2D eigenvalue weighted by Gasteiger charge is -2.40. The number of halogens is 3. The molecule has 4 rings (SSSR count). The second-order valence-electron chi connectivity index (χ2n) is 7.01. The van der Waals surface area contributed by atoms with Crippen LogP contribution < -0.4 is 5.32 Å². The first-order valence-corrected chi connectivity index (χ1v) is 10.6. The van der Waals surface area contributed by atoms with Gasteiger partial charge in [-0.05, 0) is 41.3 Å². The molecule has 2 aromatic rings. The van der Waals surface area contributed by atoms with Gasteiger partial charge >= 0.3 is 6.03 Å². The molecule has 2 aromatic carbocycles. The van der Waals surface area contributed by atoms with Crippen LogP contribution in [0.5, 0.6) is 0 Å². The molecule has 1 N–H and O–H groups in total. The molecule has 0 saturated carbocycles. The molecule has 4 amide bonds. The molecule has 160 valence electrons. The van der Waals surface area contributed by atoms with Crippen molar-refractivity contribution in [2.45, 2.75) is 17.8 Å². The van der Waals surface area contributed by atoms with Crippen LogP contribution in [0.2, 0.25) is 5.02 Å². The van der Waals surface area contributed by atoms with Crippen molar-refractivity contribution < 1.29 is 23.2 Å². The Labute approximate surface area is 185 Å². The summed E-state index contributed by atoms with van der Waals surface area (Å²) in [6, 6.07) is 8.07. The van der Waals surface area contributed by atoms with Crippen molar-refractivity contribution in [1.29, 1.82) is 0 Å². The first-order chi connectivity index (χ1) is 14.8. The summed E-state index contributed by atoms with van der Waals surface area (Å²) in [5.41, 5.74) is 0.871. The third-order valence-corrected chi connectivity index (χ3v) is 6.31. The van der Waals surface area contributed by atoms with Gasteiger partial charge in [-0.2, -0.15) is 0 Å². The van der Waals surface area contributed by atoms with E-state index in [9.17, 15) is 23.2 Å². The molecular weight excluding hydrogens is 448 g/mol. The number of fused-ring (bicyclic) bond motifs is 1. The Morgan fingerprint density at radius 3 is 2.58 bits per heavy atom. The molecule has 1 saturated heterocycles. The minimum Gasteiger partial charge on any atom is -0.324 e. The monoisotopic (exact) mass is 463 g/mol. The number of rotatable bonds is 5. The van der Waals surface area contributed by atoms with E-state index in [0.717, 1.165) is 11.0 Å². The zero-order valence-corrected chi connectivity index (χ0v) is 17.5. The second-order valence-corrected chi connectivity index (χ2v) is 8.47. The number of benzene rings is 2. The molecular formula is C21H16ClF2N3O3S. The number of amides is 4. The van der Waals surface area contributed by atoms with E-state index < -0.39 is 34.9 Å². The molecule has 2 unspecified atom stereocenters. The summed E-state index contributed by atoms with van der Waals surface area (Å²) < 4.78 is 26.5. The van der Waals surface area contributed by atoms with Gasteiger partial charge in [-0.15, -0.1) is 11.8 Å². The highest BCUT2D eigenvalue weighted by atomic mass is 35.5. The fraction of sp³-hybridized carbons (Fsp3) is 0.190. The van der Waals surface area contributed by atoms with E-state index in [1.54, 1.807) is 11.5 Å². The van der Waals surface area contributed by atoms with Crippen LogP contribution >= 0.6 is 23.4 Å². The van der Waals surface area contributed by atoms with Crippen LogP contribution in [-0.2, 0) is 16.1 Å². The Morgan fingerprint density at radius 2 is 1.87 bits per heavy atom. The number of anilines is 1. The molecule has 0 aromatic heterocycles. The normalized spacial score (nSPS) is 20.2. The Kier molecular flexibility index (Phi) is 5.97. The number of thioether (sulfide) groups is 1. The van der Waals surface area contributed by atoms with Gasteiger partial charge in [-0.25, -0.2) is 13.6 Å². The smallest absolute Gasteiger partial charge is 0.324 e. The zero-order valence-electron chi connectivity index (χ0n) is 15.9. The van der Waals surface area contributed by atoms with E-state index >= 15 is 0 Å². The Morgan fingerprint density at radius 1 is 1.13 bits per heavy atom. The maximum atomic E-state index is 13.3. The lowest BCUT2D eigenvalue weighted by Crippen LogP contribution is -2.62. The Balaban J connectivity index is 1.52. The van der Waals surface area contributed by atoms with Crippen molar-refractivity contribution in [2.24, 2.45) is 0 Å². The lowest BCUT2D eigenvalue weighted by atomic mass is 10.1. The quantitative estimate of drug-likeness (QED) is 0.727. The van der Waals surface area contributed by atoms with Crippen LogP contribution in [0.15, 0.2) is 53.9 Å². The maximum Gasteiger partial charge on any atom is 0.328 e. The standard InChI is InChI=1S/C21H16ClF2N3O3S/c22-15-9-14(5-6-16(15)24)25-18(28)11-26-17-7-8-31-19(17)20(29)27(21(26)30)10-12-1-3-13(23)4-2-12/h1-9,17,19H,10-11H2,(H,25,28). The first-order valence-electron chi connectivity index (χ1n) is 9.27. The summed E-state index contributed by atoms with van der Waals surface area (Å²) in [5, 5.41) is 3.60. The number of urea groups is 1. The first kappa shape index (κ1) is 21.3. The molecule has 1 fully saturated rings. The van der Waals surface area contributed by atoms with E-state index in [1.807, 2.05) is 0 Å². The van der Waals surface area contributed by atoms with Crippen LogP contribution in [0, 0.1) is 11.6 Å². The van der Waals surface area contributed by atoms with Crippen molar-refractivity contribution in [3.63, 3.8) is 0 Å². The fourth-order valence-electron chi connectivity index (χ4n) is 3.41. The molecule has 0 radical (unpaired) electrons. The lowest BCUT2D eigenvalue weighted by molar-refractivity contribution is -0.132. The number of imide groups is 1. The van der Waals surface area contributed by atoms with Gasteiger partial charge in [0.05, 0.1) is 17.6 Å². The summed E-state index contributed by atoms with van der Waals surface area (Å²) in [7, 11) is 0. The Hall–Kier alpha value is -2.91. The number of hydrogen-bond donors (Lipinski definition) is 1. The van der Waals surface area contributed by atoms with Crippen molar-refractivity contribution in [3.05, 3.63) is 76.2 Å². The summed E-state index contributed by atoms with van der Waals surface area (Å²) >= 11 is 7.01. The maximum absolute atomic E-state index is 13.3. The number of carbonyl (C=O) groups excluding carboxylic acids is 3. The molecule has 2 aliphatic heterocycles. The molecule has 0 bridgehead atoms.